The third-order valence-electron chi connectivity index (χ3n) is 3.25. The lowest BCUT2D eigenvalue weighted by Gasteiger charge is -2.16. The molecule has 1 aromatic rings. The number of rotatable bonds is 3. The van der Waals surface area contributed by atoms with Crippen molar-refractivity contribution >= 4 is 12.2 Å². The quantitative estimate of drug-likeness (QED) is 0.713. The molecule has 0 spiro atoms. The maximum absolute atomic E-state index is 9.23. The summed E-state index contributed by atoms with van der Waals surface area (Å²) in [6.07, 6.45) is 3.83. The summed E-state index contributed by atoms with van der Waals surface area (Å²) in [6, 6.07) is 12.4. The second-order valence-corrected chi connectivity index (χ2v) is 6.45. The molecule has 0 aliphatic rings. The Morgan fingerprint density at radius 2 is 1.43 bits per heavy atom. The molecule has 0 fully saturated rings. The van der Waals surface area contributed by atoms with Crippen molar-refractivity contribution in [2.45, 2.75) is 34.6 Å². The molecule has 1 rings (SSSR count). The predicted molar refractivity (Wildman–Crippen MR) is 87.9 cm³/mol. The van der Waals surface area contributed by atoms with E-state index >= 15 is 0 Å². The Bertz CT molecular complexity index is 624. The number of nitriles is 2. The van der Waals surface area contributed by atoms with Crippen LogP contribution in [0.4, 0.5) is 0 Å². The van der Waals surface area contributed by atoms with Gasteiger partial charge in [0.05, 0.1) is 12.1 Å². The predicted octanol–water partition coefficient (Wildman–Crippen LogP) is 5.20. The Kier molecular flexibility index (Phi) is 5.51. The molecule has 0 saturated carbocycles. The molecule has 0 heterocycles. The van der Waals surface area contributed by atoms with Gasteiger partial charge >= 0.3 is 0 Å². The van der Waals surface area contributed by atoms with Crippen LogP contribution in [0.5, 0.6) is 0 Å². The Labute approximate surface area is 128 Å². The molecule has 0 aromatic heterocycles. The van der Waals surface area contributed by atoms with Crippen LogP contribution in [0.3, 0.4) is 0 Å². The standard InChI is InChI=1S/C19H22N2/c1-14(2)17(12-20)10-15-6-8-16(9-7-15)11-18(13-21)19(3,4)5/h6-11,14H,1-5H3/b17-10+,18-11+. The summed E-state index contributed by atoms with van der Waals surface area (Å²) in [5, 5.41) is 18.3. The highest BCUT2D eigenvalue weighted by atomic mass is 14.3. The van der Waals surface area contributed by atoms with Crippen LogP contribution in [-0.4, -0.2) is 0 Å². The molecule has 0 aliphatic heterocycles. The number of allylic oxidation sites excluding steroid dienone is 2. The lowest BCUT2D eigenvalue weighted by molar-refractivity contribution is 0.523. The lowest BCUT2D eigenvalue weighted by Crippen LogP contribution is -2.07. The average molecular weight is 278 g/mol. The Morgan fingerprint density at radius 1 is 0.952 bits per heavy atom. The van der Waals surface area contributed by atoms with E-state index in [9.17, 15) is 5.26 Å². The van der Waals surface area contributed by atoms with Crippen LogP contribution in [0, 0.1) is 34.0 Å². The molecule has 0 unspecified atom stereocenters. The van der Waals surface area contributed by atoms with E-state index in [0.29, 0.717) is 0 Å². The highest BCUT2D eigenvalue weighted by molar-refractivity contribution is 5.63. The first-order chi connectivity index (χ1) is 9.77. The van der Waals surface area contributed by atoms with Gasteiger partial charge in [-0.1, -0.05) is 58.9 Å². The van der Waals surface area contributed by atoms with Crippen LogP contribution < -0.4 is 0 Å². The number of benzene rings is 1. The topological polar surface area (TPSA) is 47.6 Å². The van der Waals surface area contributed by atoms with Gasteiger partial charge in [-0.25, -0.2) is 0 Å². The Morgan fingerprint density at radius 3 is 1.76 bits per heavy atom. The lowest BCUT2D eigenvalue weighted by atomic mass is 9.86. The summed E-state index contributed by atoms with van der Waals surface area (Å²) in [5.41, 5.74) is 3.38. The van der Waals surface area contributed by atoms with E-state index in [1.807, 2.05) is 71.0 Å². The van der Waals surface area contributed by atoms with Gasteiger partial charge in [-0.3, -0.25) is 0 Å². The highest BCUT2D eigenvalue weighted by Gasteiger charge is 2.16. The largest absolute Gasteiger partial charge is 0.193 e. The molecule has 2 heteroatoms. The van der Waals surface area contributed by atoms with Crippen LogP contribution in [0.15, 0.2) is 35.4 Å². The molecule has 108 valence electrons. The fourth-order valence-electron chi connectivity index (χ4n) is 1.78. The van der Waals surface area contributed by atoms with Crippen molar-refractivity contribution in [1.29, 1.82) is 10.5 Å². The summed E-state index contributed by atoms with van der Waals surface area (Å²) in [7, 11) is 0. The summed E-state index contributed by atoms with van der Waals surface area (Å²) in [4.78, 5) is 0. The van der Waals surface area contributed by atoms with Gasteiger partial charge in [-0.05, 0) is 34.6 Å². The van der Waals surface area contributed by atoms with Crippen LogP contribution in [0.2, 0.25) is 0 Å². The minimum Gasteiger partial charge on any atom is -0.193 e. The summed E-state index contributed by atoms with van der Waals surface area (Å²) in [6.45, 7) is 10.1. The number of hydrogen-bond donors (Lipinski definition) is 0. The van der Waals surface area contributed by atoms with E-state index in [-0.39, 0.29) is 11.3 Å². The van der Waals surface area contributed by atoms with Gasteiger partial charge < -0.3 is 0 Å². The minimum atomic E-state index is -0.154. The molecule has 2 nitrogen and oxygen atoms in total. The molecular weight excluding hydrogens is 256 g/mol. The maximum atomic E-state index is 9.23. The van der Waals surface area contributed by atoms with Gasteiger partial charge in [0.1, 0.15) is 0 Å². The van der Waals surface area contributed by atoms with Crippen molar-refractivity contribution in [2.24, 2.45) is 11.3 Å². The average Bonchev–Trinajstić information content (AvgIpc) is 2.41. The van der Waals surface area contributed by atoms with Crippen molar-refractivity contribution < 1.29 is 0 Å². The molecule has 1 aromatic carbocycles. The van der Waals surface area contributed by atoms with Gasteiger partial charge in [0.25, 0.3) is 0 Å². The van der Waals surface area contributed by atoms with E-state index in [1.165, 1.54) is 0 Å². The van der Waals surface area contributed by atoms with Gasteiger partial charge in [-0.15, -0.1) is 0 Å². The van der Waals surface area contributed by atoms with Gasteiger partial charge in [-0.2, -0.15) is 10.5 Å². The first-order valence-electron chi connectivity index (χ1n) is 7.12. The molecular formula is C19H22N2. The van der Waals surface area contributed by atoms with Gasteiger partial charge in [0.15, 0.2) is 0 Å². The van der Waals surface area contributed by atoms with E-state index in [0.717, 1.165) is 22.3 Å². The van der Waals surface area contributed by atoms with Crippen LogP contribution in [0.1, 0.15) is 45.7 Å². The monoisotopic (exact) mass is 278 g/mol. The number of nitrogens with zero attached hydrogens (tertiary/aromatic N) is 2. The van der Waals surface area contributed by atoms with Crippen molar-refractivity contribution in [3.63, 3.8) is 0 Å². The van der Waals surface area contributed by atoms with E-state index in [2.05, 4.69) is 12.1 Å². The summed E-state index contributed by atoms with van der Waals surface area (Å²) in [5.74, 6) is 0.223. The Hall–Kier alpha value is -2.32. The smallest absolute Gasteiger partial charge is 0.0952 e. The zero-order valence-corrected chi connectivity index (χ0v) is 13.4. The molecule has 21 heavy (non-hydrogen) atoms. The maximum Gasteiger partial charge on any atom is 0.0952 e. The van der Waals surface area contributed by atoms with Crippen molar-refractivity contribution in [1.82, 2.24) is 0 Å². The number of hydrogen-bond acceptors (Lipinski definition) is 2. The SMILES string of the molecule is CC(C)/C(C#N)=C/c1ccc(/C=C(\C#N)C(C)(C)C)cc1. The van der Waals surface area contributed by atoms with E-state index < -0.39 is 0 Å². The highest BCUT2D eigenvalue weighted by Crippen LogP contribution is 2.26. The van der Waals surface area contributed by atoms with Crippen LogP contribution in [0.25, 0.3) is 12.2 Å². The van der Waals surface area contributed by atoms with E-state index in [1.54, 1.807) is 0 Å². The first-order valence-corrected chi connectivity index (χ1v) is 7.12. The second-order valence-electron chi connectivity index (χ2n) is 6.45. The Balaban J connectivity index is 3.08. The van der Waals surface area contributed by atoms with Crippen molar-refractivity contribution in [3.05, 3.63) is 46.5 Å². The van der Waals surface area contributed by atoms with E-state index in [4.69, 9.17) is 5.26 Å². The van der Waals surface area contributed by atoms with Gasteiger partial charge in [0, 0.05) is 11.1 Å². The molecule has 0 radical (unpaired) electrons. The van der Waals surface area contributed by atoms with Crippen LogP contribution >= 0.6 is 0 Å². The third kappa shape index (κ3) is 4.93. The second kappa shape index (κ2) is 6.91. The van der Waals surface area contributed by atoms with Crippen LogP contribution in [-0.2, 0) is 0 Å². The molecule has 0 aliphatic carbocycles. The molecule has 0 saturated heterocycles. The molecule has 0 N–H and O–H groups in total. The zero-order chi connectivity index (χ0) is 16.0. The molecule has 0 amide bonds. The fourth-order valence-corrected chi connectivity index (χ4v) is 1.78. The molecule has 0 bridgehead atoms. The van der Waals surface area contributed by atoms with Gasteiger partial charge in [0.2, 0.25) is 0 Å². The third-order valence-corrected chi connectivity index (χ3v) is 3.25. The summed E-state index contributed by atoms with van der Waals surface area (Å²) < 4.78 is 0. The normalized spacial score (nSPS) is 13.0. The zero-order valence-electron chi connectivity index (χ0n) is 13.4. The summed E-state index contributed by atoms with van der Waals surface area (Å²) >= 11 is 0. The first kappa shape index (κ1) is 16.7. The minimum absolute atomic E-state index is 0.154. The molecule has 0 atom stereocenters. The van der Waals surface area contributed by atoms with Crippen molar-refractivity contribution in [2.75, 3.05) is 0 Å². The fraction of sp³-hybridized carbons (Fsp3) is 0.368. The van der Waals surface area contributed by atoms with Crippen molar-refractivity contribution in [3.8, 4) is 12.1 Å².